The van der Waals surface area contributed by atoms with Gasteiger partial charge < -0.3 is 0 Å². The van der Waals surface area contributed by atoms with Crippen LogP contribution in [-0.4, -0.2) is 19.4 Å². The van der Waals surface area contributed by atoms with E-state index in [2.05, 4.69) is 15.7 Å². The SMILES string of the molecule is CC1(C)SC(=NNc2ccc([N+](=O)[O-])cc2)SC1N=O. The van der Waals surface area contributed by atoms with Crippen LogP contribution >= 0.6 is 23.5 Å². The molecule has 0 saturated carbocycles. The number of nitrogens with zero attached hydrogens (tertiary/aromatic N) is 3. The van der Waals surface area contributed by atoms with Crippen molar-refractivity contribution in [3.8, 4) is 0 Å². The van der Waals surface area contributed by atoms with E-state index in [0.29, 0.717) is 5.69 Å². The van der Waals surface area contributed by atoms with Gasteiger partial charge in [0, 0.05) is 12.1 Å². The summed E-state index contributed by atoms with van der Waals surface area (Å²) in [5.41, 5.74) is 3.49. The second-order valence-corrected chi connectivity index (χ2v) is 7.54. The molecule has 0 radical (unpaired) electrons. The van der Waals surface area contributed by atoms with Crippen molar-refractivity contribution in [2.24, 2.45) is 10.3 Å². The van der Waals surface area contributed by atoms with Gasteiger partial charge in [-0.3, -0.25) is 15.5 Å². The summed E-state index contributed by atoms with van der Waals surface area (Å²) in [5.74, 6) is 0. The van der Waals surface area contributed by atoms with E-state index in [4.69, 9.17) is 0 Å². The summed E-state index contributed by atoms with van der Waals surface area (Å²) in [5, 5.41) is 17.4. The van der Waals surface area contributed by atoms with Gasteiger partial charge in [0.05, 0.1) is 15.4 Å². The average molecular weight is 312 g/mol. The van der Waals surface area contributed by atoms with Crippen molar-refractivity contribution >= 4 is 39.3 Å². The Bertz CT molecular complexity index is 559. The van der Waals surface area contributed by atoms with E-state index in [1.165, 1.54) is 35.7 Å². The summed E-state index contributed by atoms with van der Waals surface area (Å²) in [4.78, 5) is 20.8. The van der Waals surface area contributed by atoms with Crippen LogP contribution in [0.25, 0.3) is 0 Å². The second-order valence-electron chi connectivity index (χ2n) is 4.57. The van der Waals surface area contributed by atoms with Crippen LogP contribution in [-0.2, 0) is 0 Å². The summed E-state index contributed by atoms with van der Waals surface area (Å²) < 4.78 is 0.431. The maximum absolute atomic E-state index is 10.7. The lowest BCUT2D eigenvalue weighted by atomic mass is 10.2. The third kappa shape index (κ3) is 3.28. The van der Waals surface area contributed by atoms with E-state index >= 15 is 0 Å². The Hall–Kier alpha value is -1.61. The number of thioether (sulfide) groups is 2. The number of nitro groups is 1. The first kappa shape index (κ1) is 14.8. The number of nitroso groups, excluding NO2 is 1. The highest BCUT2D eigenvalue weighted by Gasteiger charge is 2.41. The van der Waals surface area contributed by atoms with Gasteiger partial charge in [-0.25, -0.2) is 0 Å². The zero-order chi connectivity index (χ0) is 14.8. The smallest absolute Gasteiger partial charge is 0.269 e. The van der Waals surface area contributed by atoms with Crippen LogP contribution in [0.4, 0.5) is 11.4 Å². The molecule has 0 spiro atoms. The number of hydrogen-bond acceptors (Lipinski definition) is 8. The van der Waals surface area contributed by atoms with Gasteiger partial charge in [0.15, 0.2) is 9.75 Å². The van der Waals surface area contributed by atoms with Gasteiger partial charge in [0.2, 0.25) is 0 Å². The molecule has 1 aromatic carbocycles. The molecule has 0 aromatic heterocycles. The van der Waals surface area contributed by atoms with Gasteiger partial charge in [-0.2, -0.15) is 5.10 Å². The molecule has 1 aliphatic rings. The van der Waals surface area contributed by atoms with Gasteiger partial charge >= 0.3 is 0 Å². The maximum Gasteiger partial charge on any atom is 0.269 e. The van der Waals surface area contributed by atoms with E-state index in [1.807, 2.05) is 13.8 Å². The van der Waals surface area contributed by atoms with Crippen LogP contribution in [0.5, 0.6) is 0 Å². The zero-order valence-corrected chi connectivity index (χ0v) is 12.4. The Morgan fingerprint density at radius 3 is 2.50 bits per heavy atom. The molecule has 7 nitrogen and oxygen atoms in total. The van der Waals surface area contributed by atoms with E-state index < -0.39 is 4.92 Å². The predicted octanol–water partition coefficient (Wildman–Crippen LogP) is 3.63. The lowest BCUT2D eigenvalue weighted by molar-refractivity contribution is -0.384. The normalized spacial score (nSPS) is 22.7. The Morgan fingerprint density at radius 2 is 2.00 bits per heavy atom. The van der Waals surface area contributed by atoms with Crippen LogP contribution in [0.15, 0.2) is 34.5 Å². The Morgan fingerprint density at radius 1 is 1.35 bits per heavy atom. The molecule has 0 aliphatic carbocycles. The first-order chi connectivity index (χ1) is 9.42. The molecule has 1 N–H and O–H groups in total. The third-order valence-electron chi connectivity index (χ3n) is 2.61. The van der Waals surface area contributed by atoms with Crippen LogP contribution in [0, 0.1) is 15.0 Å². The van der Waals surface area contributed by atoms with Gasteiger partial charge in [0.1, 0.15) is 0 Å². The molecule has 1 saturated heterocycles. The summed E-state index contributed by atoms with van der Waals surface area (Å²) in [6, 6.07) is 5.95. The zero-order valence-electron chi connectivity index (χ0n) is 10.8. The molecule has 1 aromatic rings. The fraction of sp³-hybridized carbons (Fsp3) is 0.364. The number of non-ortho nitro benzene ring substituents is 1. The molecule has 1 aliphatic heterocycles. The van der Waals surface area contributed by atoms with Crippen LogP contribution < -0.4 is 5.43 Å². The van der Waals surface area contributed by atoms with Crippen molar-refractivity contribution in [2.45, 2.75) is 24.0 Å². The fourth-order valence-electron chi connectivity index (χ4n) is 1.50. The second kappa shape index (κ2) is 5.80. The molecule has 20 heavy (non-hydrogen) atoms. The lowest BCUT2D eigenvalue weighted by Crippen LogP contribution is -2.22. The summed E-state index contributed by atoms with van der Waals surface area (Å²) >= 11 is 2.78. The molecule has 1 atom stereocenters. The Kier molecular flexibility index (Phi) is 4.29. The first-order valence-corrected chi connectivity index (χ1v) is 7.38. The standard InChI is InChI=1S/C11H12N4O3S2/c1-11(2)9(14-16)19-10(20-11)13-12-7-3-5-8(6-4-7)15(17)18/h3-6,9,12H,1-2H3. The topological polar surface area (TPSA) is 97.0 Å². The van der Waals surface area contributed by atoms with Crippen molar-refractivity contribution in [1.29, 1.82) is 0 Å². The van der Waals surface area contributed by atoms with Crippen LogP contribution in [0.1, 0.15) is 13.8 Å². The molecule has 2 rings (SSSR count). The summed E-state index contributed by atoms with van der Waals surface area (Å²) in [6.07, 6.45) is 0. The number of hydrazone groups is 1. The first-order valence-electron chi connectivity index (χ1n) is 5.68. The summed E-state index contributed by atoms with van der Waals surface area (Å²) in [6.45, 7) is 3.87. The summed E-state index contributed by atoms with van der Waals surface area (Å²) in [7, 11) is 0. The lowest BCUT2D eigenvalue weighted by Gasteiger charge is -2.16. The largest absolute Gasteiger partial charge is 0.277 e. The highest BCUT2D eigenvalue weighted by Crippen LogP contribution is 2.47. The number of nitrogens with one attached hydrogen (secondary N) is 1. The molecule has 0 amide bonds. The molecule has 106 valence electrons. The quantitative estimate of drug-likeness (QED) is 0.518. The van der Waals surface area contributed by atoms with Gasteiger partial charge in [-0.1, -0.05) is 28.7 Å². The Balaban J connectivity index is 2.03. The number of benzene rings is 1. The van der Waals surface area contributed by atoms with Gasteiger partial charge in [-0.15, -0.1) is 4.91 Å². The molecule has 9 heteroatoms. The minimum atomic E-state index is -0.457. The van der Waals surface area contributed by atoms with E-state index in [9.17, 15) is 15.0 Å². The van der Waals surface area contributed by atoms with Crippen molar-refractivity contribution in [2.75, 3.05) is 5.43 Å². The molecule has 1 heterocycles. The predicted molar refractivity (Wildman–Crippen MR) is 83.0 cm³/mol. The van der Waals surface area contributed by atoms with Gasteiger partial charge in [-0.05, 0) is 26.0 Å². The van der Waals surface area contributed by atoms with Crippen molar-refractivity contribution in [3.05, 3.63) is 39.3 Å². The fourth-order valence-corrected chi connectivity index (χ4v) is 4.20. The van der Waals surface area contributed by atoms with Crippen molar-refractivity contribution in [3.63, 3.8) is 0 Å². The van der Waals surface area contributed by atoms with Crippen LogP contribution in [0.2, 0.25) is 0 Å². The molecular formula is C11H12N4O3S2. The minimum Gasteiger partial charge on any atom is -0.277 e. The van der Waals surface area contributed by atoms with E-state index in [0.717, 1.165) is 4.38 Å². The van der Waals surface area contributed by atoms with Gasteiger partial charge in [0.25, 0.3) is 5.69 Å². The third-order valence-corrected chi connectivity index (χ3v) is 5.50. The Labute approximate surface area is 123 Å². The minimum absolute atomic E-state index is 0.0270. The highest BCUT2D eigenvalue weighted by atomic mass is 32.2. The molecule has 1 unspecified atom stereocenters. The highest BCUT2D eigenvalue weighted by molar-refractivity contribution is 8.42. The monoisotopic (exact) mass is 312 g/mol. The van der Waals surface area contributed by atoms with Crippen LogP contribution in [0.3, 0.4) is 0 Å². The number of hydrogen-bond donors (Lipinski definition) is 1. The molecular weight excluding hydrogens is 300 g/mol. The molecule has 0 bridgehead atoms. The van der Waals surface area contributed by atoms with Crippen molar-refractivity contribution < 1.29 is 4.92 Å². The number of anilines is 1. The van der Waals surface area contributed by atoms with Crippen molar-refractivity contribution in [1.82, 2.24) is 0 Å². The van der Waals surface area contributed by atoms with E-state index in [1.54, 1.807) is 12.1 Å². The number of rotatable bonds is 4. The maximum atomic E-state index is 10.7. The average Bonchev–Trinajstić information content (AvgIpc) is 2.71. The molecule has 1 fully saturated rings. The van der Waals surface area contributed by atoms with E-state index in [-0.39, 0.29) is 15.8 Å². The number of nitro benzene ring substituents is 1.